The first-order valence-electron chi connectivity index (χ1n) is 11.1. The normalized spacial score (nSPS) is 39.1. The van der Waals surface area contributed by atoms with Crippen molar-refractivity contribution in [2.24, 2.45) is 0 Å². The van der Waals surface area contributed by atoms with E-state index in [2.05, 4.69) is 0 Å². The monoisotopic (exact) mass is 468 g/mol. The minimum Gasteiger partial charge on any atom is -0.452 e. The molecule has 1 aromatic rings. The lowest BCUT2D eigenvalue weighted by molar-refractivity contribution is -0.488. The molecule has 0 bridgehead atoms. The zero-order chi connectivity index (χ0) is 22.8. The largest absolute Gasteiger partial charge is 0.452 e. The van der Waals surface area contributed by atoms with Crippen LogP contribution < -0.4 is 0 Å². The summed E-state index contributed by atoms with van der Waals surface area (Å²) in [4.78, 5) is 13.0. The molecule has 8 nitrogen and oxygen atoms in total. The molecule has 0 unspecified atom stereocenters. The van der Waals surface area contributed by atoms with E-state index in [1.165, 1.54) is 11.8 Å². The van der Waals surface area contributed by atoms with Crippen molar-refractivity contribution in [2.75, 3.05) is 26.6 Å². The second-order valence-electron chi connectivity index (χ2n) is 8.20. The van der Waals surface area contributed by atoms with Crippen LogP contribution >= 0.6 is 11.8 Å². The van der Waals surface area contributed by atoms with Gasteiger partial charge in [0.05, 0.1) is 12.2 Å². The van der Waals surface area contributed by atoms with Crippen molar-refractivity contribution in [1.29, 1.82) is 0 Å². The zero-order valence-electron chi connectivity index (χ0n) is 18.7. The summed E-state index contributed by atoms with van der Waals surface area (Å²) in [6.45, 7) is 1.74. The van der Waals surface area contributed by atoms with Gasteiger partial charge in [0, 0.05) is 27.1 Å². The predicted molar refractivity (Wildman–Crippen MR) is 117 cm³/mol. The van der Waals surface area contributed by atoms with E-state index in [1.807, 2.05) is 13.0 Å². The highest BCUT2D eigenvalue weighted by atomic mass is 32.2. The van der Waals surface area contributed by atoms with Crippen LogP contribution in [-0.4, -0.2) is 79.1 Å². The molecule has 1 aliphatic carbocycles. The van der Waals surface area contributed by atoms with Gasteiger partial charge in [0.15, 0.2) is 6.10 Å². The van der Waals surface area contributed by atoms with Crippen molar-refractivity contribution < 1.29 is 38.3 Å². The molecule has 7 atom stereocenters. The summed E-state index contributed by atoms with van der Waals surface area (Å²) in [6.07, 6.45) is 0.148. The van der Waals surface area contributed by atoms with Crippen LogP contribution in [0.25, 0.3) is 0 Å². The molecule has 1 saturated carbocycles. The summed E-state index contributed by atoms with van der Waals surface area (Å²) >= 11 is 1.49. The fourth-order valence-corrected chi connectivity index (χ4v) is 5.89. The van der Waals surface area contributed by atoms with E-state index in [0.29, 0.717) is 18.4 Å². The lowest BCUT2D eigenvalue weighted by Crippen LogP contribution is -2.75. The molecule has 32 heavy (non-hydrogen) atoms. The van der Waals surface area contributed by atoms with E-state index < -0.39 is 47.4 Å². The van der Waals surface area contributed by atoms with Gasteiger partial charge in [-0.1, -0.05) is 25.1 Å². The number of fused-ring (bicyclic) bond motifs is 2. The van der Waals surface area contributed by atoms with Crippen LogP contribution in [0.2, 0.25) is 0 Å². The topological polar surface area (TPSA) is 92.7 Å². The van der Waals surface area contributed by atoms with Crippen molar-refractivity contribution in [3.63, 3.8) is 0 Å². The number of hydrogen-bond donors (Lipinski definition) is 1. The minimum absolute atomic E-state index is 0.259. The van der Waals surface area contributed by atoms with Crippen molar-refractivity contribution in [3.05, 3.63) is 35.9 Å². The number of ether oxygens (including phenoxy) is 6. The minimum atomic E-state index is -1.14. The molecule has 2 saturated heterocycles. The van der Waals surface area contributed by atoms with Gasteiger partial charge in [-0.25, -0.2) is 4.79 Å². The maximum Gasteiger partial charge on any atom is 0.338 e. The number of esters is 1. The Balaban J connectivity index is 1.69. The van der Waals surface area contributed by atoms with Crippen molar-refractivity contribution in [1.82, 2.24) is 0 Å². The van der Waals surface area contributed by atoms with Crippen LogP contribution in [0.5, 0.6) is 0 Å². The van der Waals surface area contributed by atoms with Gasteiger partial charge in [-0.2, -0.15) is 0 Å². The first-order chi connectivity index (χ1) is 15.5. The molecule has 2 heterocycles. The van der Waals surface area contributed by atoms with Crippen molar-refractivity contribution in [3.8, 4) is 0 Å². The van der Waals surface area contributed by atoms with Gasteiger partial charge in [-0.3, -0.25) is 0 Å². The summed E-state index contributed by atoms with van der Waals surface area (Å²) in [5, 5.41) is 10.1. The Morgan fingerprint density at radius 2 is 1.72 bits per heavy atom. The summed E-state index contributed by atoms with van der Waals surface area (Å²) in [6, 6.07) is 8.81. The number of benzene rings is 1. The van der Waals surface area contributed by atoms with Gasteiger partial charge >= 0.3 is 5.97 Å². The Morgan fingerprint density at radius 1 is 1.09 bits per heavy atom. The van der Waals surface area contributed by atoms with Gasteiger partial charge in [-0.05, 0) is 30.7 Å². The van der Waals surface area contributed by atoms with E-state index >= 15 is 0 Å². The number of carbonyl (C=O) groups excluding carboxylic acids is 1. The van der Waals surface area contributed by atoms with Crippen molar-refractivity contribution in [2.45, 2.75) is 74.0 Å². The molecule has 0 aromatic heterocycles. The van der Waals surface area contributed by atoms with E-state index in [-0.39, 0.29) is 6.61 Å². The van der Waals surface area contributed by atoms with Crippen LogP contribution in [0, 0.1) is 0 Å². The molecule has 178 valence electrons. The molecule has 3 fully saturated rings. The molecule has 2 aliphatic heterocycles. The van der Waals surface area contributed by atoms with Gasteiger partial charge in [-0.15, -0.1) is 11.8 Å². The average Bonchev–Trinajstić information content (AvgIpc) is 2.84. The van der Waals surface area contributed by atoms with Crippen LogP contribution in [0.1, 0.15) is 43.0 Å². The molecule has 0 spiro atoms. The van der Waals surface area contributed by atoms with Crippen LogP contribution in [0.4, 0.5) is 0 Å². The Hall–Kier alpha value is -1.20. The fourth-order valence-electron chi connectivity index (χ4n) is 4.94. The number of thioether (sulfide) groups is 1. The van der Waals surface area contributed by atoms with Crippen LogP contribution in [0.3, 0.4) is 0 Å². The number of aliphatic hydroxyl groups excluding tert-OH is 1. The molecule has 0 amide bonds. The molecule has 9 heteroatoms. The summed E-state index contributed by atoms with van der Waals surface area (Å²) in [5.41, 5.74) is -0.0853. The summed E-state index contributed by atoms with van der Waals surface area (Å²) in [7, 11) is 3.15. The van der Waals surface area contributed by atoms with Gasteiger partial charge < -0.3 is 33.5 Å². The lowest BCUT2D eigenvalue weighted by atomic mass is 9.84. The Bertz CT molecular complexity index is 779. The quantitative estimate of drug-likeness (QED) is 0.606. The molecule has 1 aromatic carbocycles. The highest BCUT2D eigenvalue weighted by Gasteiger charge is 2.67. The number of aliphatic hydroxyl groups is 1. The Labute approximate surface area is 192 Å². The van der Waals surface area contributed by atoms with E-state index in [0.717, 1.165) is 18.6 Å². The van der Waals surface area contributed by atoms with E-state index in [1.54, 1.807) is 38.5 Å². The molecule has 0 radical (unpaired) electrons. The lowest BCUT2D eigenvalue weighted by Gasteiger charge is -2.60. The Kier molecular flexibility index (Phi) is 7.46. The maximum absolute atomic E-state index is 13.0. The predicted octanol–water partition coefficient (Wildman–Crippen LogP) is 2.73. The molecule has 3 aliphatic rings. The molecular formula is C23H32O8S. The van der Waals surface area contributed by atoms with Gasteiger partial charge in [0.25, 0.3) is 0 Å². The molecule has 4 rings (SSSR count). The highest BCUT2D eigenvalue weighted by molar-refractivity contribution is 7.99. The van der Waals surface area contributed by atoms with Gasteiger partial charge in [0.2, 0.25) is 11.6 Å². The van der Waals surface area contributed by atoms with E-state index in [4.69, 9.17) is 28.4 Å². The smallest absolute Gasteiger partial charge is 0.338 e. The standard InChI is InChI=1S/C23H32O8S/c1-4-32-21-19(29-20(25)15-10-6-5-7-11-15)18-17(16(14-24)28-21)30-22(26-2)12-8-9-13-23(22,27-3)31-18/h5-7,10-11,16-19,21,24H,4,8-9,12-14H2,1-3H3/t16-,17-,18+,19+,21-,22+,23+/m1/s1. The number of carbonyl (C=O) groups is 1. The third-order valence-corrected chi connectivity index (χ3v) is 7.55. The third kappa shape index (κ3) is 4.09. The number of rotatable bonds is 7. The SMILES string of the molecule is CCS[C@H]1O[C@H](CO)[C@H]2O[C@@]3(OC)CCCC[C@]3(OC)O[C@@H]2[C@@H]1OC(=O)c1ccccc1. The number of methoxy groups -OCH3 is 2. The molecular weight excluding hydrogens is 436 g/mol. The summed E-state index contributed by atoms with van der Waals surface area (Å²) < 4.78 is 37.0. The first-order valence-corrected chi connectivity index (χ1v) is 12.2. The molecule has 1 N–H and O–H groups in total. The zero-order valence-corrected chi connectivity index (χ0v) is 19.5. The van der Waals surface area contributed by atoms with Crippen LogP contribution in [-0.2, 0) is 28.4 Å². The second kappa shape index (κ2) is 9.97. The van der Waals surface area contributed by atoms with Crippen molar-refractivity contribution >= 4 is 17.7 Å². The highest BCUT2D eigenvalue weighted by Crippen LogP contribution is 2.52. The first kappa shape index (κ1) is 23.9. The Morgan fingerprint density at radius 3 is 2.28 bits per heavy atom. The van der Waals surface area contributed by atoms with Gasteiger partial charge in [0.1, 0.15) is 23.7 Å². The van der Waals surface area contributed by atoms with Crippen LogP contribution in [0.15, 0.2) is 30.3 Å². The third-order valence-electron chi connectivity index (χ3n) is 6.51. The maximum atomic E-state index is 13.0. The average molecular weight is 469 g/mol. The van der Waals surface area contributed by atoms with E-state index in [9.17, 15) is 9.90 Å². The second-order valence-corrected chi connectivity index (χ2v) is 9.58. The fraction of sp³-hybridized carbons (Fsp3) is 0.696. The summed E-state index contributed by atoms with van der Waals surface area (Å²) in [5.74, 6) is -2.00. The number of hydrogen-bond acceptors (Lipinski definition) is 9.